The lowest BCUT2D eigenvalue weighted by atomic mass is 9.97. The van der Waals surface area contributed by atoms with Crippen molar-refractivity contribution in [3.63, 3.8) is 0 Å². The van der Waals surface area contributed by atoms with Gasteiger partial charge < -0.3 is 15.0 Å². The van der Waals surface area contributed by atoms with Gasteiger partial charge in [0.05, 0.1) is 7.11 Å². The fourth-order valence-electron chi connectivity index (χ4n) is 3.39. The molecule has 1 aliphatic carbocycles. The van der Waals surface area contributed by atoms with E-state index in [0.29, 0.717) is 6.04 Å². The van der Waals surface area contributed by atoms with Crippen molar-refractivity contribution in [3.8, 4) is 0 Å². The molecule has 0 bridgehead atoms. The van der Waals surface area contributed by atoms with Crippen molar-refractivity contribution in [1.29, 1.82) is 0 Å². The Morgan fingerprint density at radius 2 is 2.18 bits per heavy atom. The van der Waals surface area contributed by atoms with Gasteiger partial charge >= 0.3 is 5.97 Å². The van der Waals surface area contributed by atoms with Crippen LogP contribution in [0.15, 0.2) is 0 Å². The molecule has 0 amide bonds. The van der Waals surface area contributed by atoms with E-state index in [1.165, 1.54) is 33.0 Å². The molecule has 1 saturated heterocycles. The summed E-state index contributed by atoms with van der Waals surface area (Å²) < 4.78 is 4.98. The van der Waals surface area contributed by atoms with Crippen molar-refractivity contribution < 1.29 is 9.53 Å². The van der Waals surface area contributed by atoms with Crippen LogP contribution in [0.2, 0.25) is 0 Å². The Hall–Kier alpha value is -0.610. The first-order valence-electron chi connectivity index (χ1n) is 6.79. The molecule has 2 unspecified atom stereocenters. The second kappa shape index (κ2) is 5.36. The number of esters is 1. The number of ether oxygens (including phenoxy) is 1. The molecule has 1 N–H and O–H groups in total. The third-order valence-corrected chi connectivity index (χ3v) is 4.24. The van der Waals surface area contributed by atoms with Gasteiger partial charge in [0.2, 0.25) is 0 Å². The number of nitrogens with one attached hydrogen (secondary N) is 1. The highest BCUT2D eigenvalue weighted by molar-refractivity contribution is 5.81. The third kappa shape index (κ3) is 2.47. The Balaban J connectivity index is 2.02. The zero-order chi connectivity index (χ0) is 12.3. The minimum absolute atomic E-state index is 0.0824. The van der Waals surface area contributed by atoms with Crippen LogP contribution < -0.4 is 5.32 Å². The summed E-state index contributed by atoms with van der Waals surface area (Å²) in [5.74, 6) is -0.0824. The van der Waals surface area contributed by atoms with Crippen LogP contribution in [0.5, 0.6) is 0 Å². The molecule has 4 heteroatoms. The number of methoxy groups -OCH3 is 1. The maximum absolute atomic E-state index is 12.0. The fraction of sp³-hybridized carbons (Fsp3) is 0.923. The Kier molecular flexibility index (Phi) is 4.05. The van der Waals surface area contributed by atoms with Gasteiger partial charge in [-0.2, -0.15) is 0 Å². The predicted octanol–water partition coefficient (Wildman–Crippen LogP) is 1.16. The number of likely N-dealkylation sites (N-methyl/N-ethyl adjacent to an activating group) is 1. The summed E-state index contributed by atoms with van der Waals surface area (Å²) in [5, 5.41) is 3.36. The smallest absolute Gasteiger partial charge is 0.326 e. The lowest BCUT2D eigenvalue weighted by Crippen LogP contribution is -2.51. The number of nitrogens with zero attached hydrogens (tertiary/aromatic N) is 1. The zero-order valence-corrected chi connectivity index (χ0v) is 11.0. The third-order valence-electron chi connectivity index (χ3n) is 4.24. The van der Waals surface area contributed by atoms with Crippen LogP contribution in [-0.2, 0) is 9.53 Å². The zero-order valence-electron chi connectivity index (χ0n) is 11.0. The molecule has 0 aromatic heterocycles. The van der Waals surface area contributed by atoms with Gasteiger partial charge in [-0.25, -0.2) is 0 Å². The Morgan fingerprint density at radius 1 is 1.47 bits per heavy atom. The van der Waals surface area contributed by atoms with Crippen LogP contribution in [0.4, 0.5) is 0 Å². The van der Waals surface area contributed by atoms with Crippen molar-refractivity contribution in [2.45, 2.75) is 50.6 Å². The van der Waals surface area contributed by atoms with Gasteiger partial charge in [0.25, 0.3) is 0 Å². The first-order chi connectivity index (χ1) is 8.22. The monoisotopic (exact) mass is 240 g/mol. The van der Waals surface area contributed by atoms with Crippen LogP contribution in [0, 0.1) is 0 Å². The summed E-state index contributed by atoms with van der Waals surface area (Å²) in [6, 6.07) is 0.565. The molecule has 2 fully saturated rings. The average Bonchev–Trinajstić information content (AvgIpc) is 2.97. The van der Waals surface area contributed by atoms with Gasteiger partial charge in [-0.3, -0.25) is 4.79 Å². The van der Waals surface area contributed by atoms with E-state index in [1.807, 2.05) is 6.92 Å². The van der Waals surface area contributed by atoms with E-state index in [0.717, 1.165) is 25.8 Å². The van der Waals surface area contributed by atoms with Gasteiger partial charge in [0.15, 0.2) is 0 Å². The minimum Gasteiger partial charge on any atom is -0.468 e. The highest BCUT2D eigenvalue weighted by atomic mass is 16.5. The largest absolute Gasteiger partial charge is 0.468 e. The summed E-state index contributed by atoms with van der Waals surface area (Å²) in [6.07, 6.45) is 5.55. The maximum Gasteiger partial charge on any atom is 0.326 e. The van der Waals surface area contributed by atoms with Gasteiger partial charge in [0.1, 0.15) is 5.54 Å². The molecule has 0 aromatic rings. The maximum atomic E-state index is 12.0. The molecule has 2 aliphatic rings. The summed E-state index contributed by atoms with van der Waals surface area (Å²) in [4.78, 5) is 14.5. The van der Waals surface area contributed by atoms with Crippen LogP contribution >= 0.6 is 0 Å². The van der Waals surface area contributed by atoms with E-state index >= 15 is 0 Å². The van der Waals surface area contributed by atoms with Gasteiger partial charge in [-0.15, -0.1) is 0 Å². The van der Waals surface area contributed by atoms with Gasteiger partial charge in [-0.05, 0) is 51.7 Å². The van der Waals surface area contributed by atoms with E-state index in [4.69, 9.17) is 4.74 Å². The molecule has 17 heavy (non-hydrogen) atoms. The number of carbonyl (C=O) groups excluding carboxylic acids is 1. The number of hydrogen-bond acceptors (Lipinski definition) is 4. The normalized spacial score (nSPS) is 34.1. The first-order valence-corrected chi connectivity index (χ1v) is 6.79. The molecule has 0 radical (unpaired) electrons. The van der Waals surface area contributed by atoms with Crippen molar-refractivity contribution in [2.24, 2.45) is 0 Å². The standard InChI is InChI=1S/C13H24N2O2/c1-3-14-13(12(16)17-2)7-6-11(10-13)15-8-4-5-9-15/h11,14H,3-10H2,1-2H3. The lowest BCUT2D eigenvalue weighted by molar-refractivity contribution is -0.148. The van der Waals surface area contributed by atoms with Gasteiger partial charge in [0, 0.05) is 6.04 Å². The van der Waals surface area contributed by atoms with E-state index in [9.17, 15) is 4.79 Å². The molecule has 1 heterocycles. The Morgan fingerprint density at radius 3 is 2.76 bits per heavy atom. The first kappa shape index (κ1) is 12.8. The van der Waals surface area contributed by atoms with Crippen molar-refractivity contribution in [3.05, 3.63) is 0 Å². The molecule has 0 spiro atoms. The molecule has 1 aliphatic heterocycles. The highest BCUT2D eigenvalue weighted by Crippen LogP contribution is 2.35. The van der Waals surface area contributed by atoms with Crippen LogP contribution in [0.1, 0.15) is 39.0 Å². The molecule has 98 valence electrons. The SMILES string of the molecule is CCNC1(C(=O)OC)CCC(N2CCCC2)C1. The molecule has 2 atom stereocenters. The second-order valence-corrected chi connectivity index (χ2v) is 5.24. The number of carbonyl (C=O) groups is 1. The quantitative estimate of drug-likeness (QED) is 0.749. The predicted molar refractivity (Wildman–Crippen MR) is 66.9 cm³/mol. The number of hydrogen-bond donors (Lipinski definition) is 1. The summed E-state index contributed by atoms with van der Waals surface area (Å²) in [5.41, 5.74) is -0.420. The van der Waals surface area contributed by atoms with E-state index in [2.05, 4.69) is 10.2 Å². The molecular formula is C13H24N2O2. The minimum atomic E-state index is -0.420. The van der Waals surface area contributed by atoms with Crippen molar-refractivity contribution in [1.82, 2.24) is 10.2 Å². The van der Waals surface area contributed by atoms with Crippen LogP contribution in [-0.4, -0.2) is 49.2 Å². The van der Waals surface area contributed by atoms with E-state index < -0.39 is 5.54 Å². The molecule has 0 aromatic carbocycles. The number of rotatable bonds is 4. The van der Waals surface area contributed by atoms with Crippen LogP contribution in [0.3, 0.4) is 0 Å². The van der Waals surface area contributed by atoms with Crippen LogP contribution in [0.25, 0.3) is 0 Å². The van der Waals surface area contributed by atoms with Crippen molar-refractivity contribution in [2.75, 3.05) is 26.7 Å². The topological polar surface area (TPSA) is 41.6 Å². The lowest BCUT2D eigenvalue weighted by Gasteiger charge is -2.29. The summed E-state index contributed by atoms with van der Waals surface area (Å²) in [6.45, 7) is 5.28. The fourth-order valence-corrected chi connectivity index (χ4v) is 3.39. The molecule has 2 rings (SSSR count). The molecule has 1 saturated carbocycles. The summed E-state index contributed by atoms with van der Waals surface area (Å²) in [7, 11) is 1.49. The van der Waals surface area contributed by atoms with Crippen molar-refractivity contribution >= 4 is 5.97 Å². The molecular weight excluding hydrogens is 216 g/mol. The second-order valence-electron chi connectivity index (χ2n) is 5.24. The van der Waals surface area contributed by atoms with E-state index in [1.54, 1.807) is 0 Å². The van der Waals surface area contributed by atoms with E-state index in [-0.39, 0.29) is 5.97 Å². The highest BCUT2D eigenvalue weighted by Gasteiger charge is 2.47. The average molecular weight is 240 g/mol. The Labute approximate surface area is 104 Å². The molecule has 4 nitrogen and oxygen atoms in total. The Bertz CT molecular complexity index is 277. The van der Waals surface area contributed by atoms with Gasteiger partial charge in [-0.1, -0.05) is 6.92 Å². The number of likely N-dealkylation sites (tertiary alicyclic amines) is 1. The summed E-state index contributed by atoms with van der Waals surface area (Å²) >= 11 is 0.